The molecule has 1 fully saturated rings. The summed E-state index contributed by atoms with van der Waals surface area (Å²) in [6, 6.07) is 6.52. The van der Waals surface area contributed by atoms with E-state index < -0.39 is 0 Å². The summed E-state index contributed by atoms with van der Waals surface area (Å²) in [7, 11) is 2.12. The second kappa shape index (κ2) is 6.41. The summed E-state index contributed by atoms with van der Waals surface area (Å²) in [4.78, 5) is 2.28. The molecule has 1 heterocycles. The first-order chi connectivity index (χ1) is 8.66. The normalized spacial score (nSPS) is 19.8. The number of anilines is 1. The average Bonchev–Trinajstić information content (AvgIpc) is 2.37. The van der Waals surface area contributed by atoms with Crippen LogP contribution in [-0.2, 0) is 4.74 Å². The van der Waals surface area contributed by atoms with E-state index in [4.69, 9.17) is 16.3 Å². The molecule has 1 aromatic rings. The Morgan fingerprint density at radius 2 is 2.33 bits per heavy atom. The number of nitrogens with zero attached hydrogens (tertiary/aromatic N) is 1. The molecule has 0 bridgehead atoms. The molecule has 1 N–H and O–H groups in total. The zero-order valence-corrected chi connectivity index (χ0v) is 11.8. The molecule has 0 radical (unpaired) electrons. The number of rotatable bonds is 4. The van der Waals surface area contributed by atoms with Gasteiger partial charge in [0.2, 0.25) is 0 Å². The Labute approximate surface area is 114 Å². The van der Waals surface area contributed by atoms with Crippen LogP contribution < -0.4 is 10.2 Å². The smallest absolute Gasteiger partial charge is 0.0620 e. The second-order valence-electron chi connectivity index (χ2n) is 4.87. The maximum atomic E-state index is 5.98. The van der Waals surface area contributed by atoms with Gasteiger partial charge in [-0.2, -0.15) is 0 Å². The van der Waals surface area contributed by atoms with Crippen LogP contribution in [0.25, 0.3) is 0 Å². The van der Waals surface area contributed by atoms with Gasteiger partial charge in [0, 0.05) is 36.9 Å². The summed E-state index contributed by atoms with van der Waals surface area (Å²) < 4.78 is 5.46. The van der Waals surface area contributed by atoms with Crippen molar-refractivity contribution in [2.75, 3.05) is 38.3 Å². The zero-order chi connectivity index (χ0) is 13.0. The zero-order valence-electron chi connectivity index (χ0n) is 11.1. The number of hydrogen-bond acceptors (Lipinski definition) is 3. The van der Waals surface area contributed by atoms with E-state index in [1.54, 1.807) is 0 Å². The molecule has 1 aliphatic rings. The molecule has 0 aromatic heterocycles. The van der Waals surface area contributed by atoms with Crippen LogP contribution in [0.4, 0.5) is 5.69 Å². The first kappa shape index (κ1) is 13.7. The van der Waals surface area contributed by atoms with Gasteiger partial charge in [0.05, 0.1) is 13.2 Å². The van der Waals surface area contributed by atoms with Gasteiger partial charge < -0.3 is 15.0 Å². The quantitative estimate of drug-likeness (QED) is 0.908. The minimum Gasteiger partial charge on any atom is -0.379 e. The van der Waals surface area contributed by atoms with Gasteiger partial charge in [0.15, 0.2) is 0 Å². The molecule has 1 saturated heterocycles. The molecule has 2 rings (SSSR count). The van der Waals surface area contributed by atoms with Crippen molar-refractivity contribution in [1.82, 2.24) is 5.32 Å². The molecular weight excluding hydrogens is 248 g/mol. The lowest BCUT2D eigenvalue weighted by atomic mass is 10.1. The lowest BCUT2D eigenvalue weighted by molar-refractivity contribution is 0.0749. The van der Waals surface area contributed by atoms with Crippen molar-refractivity contribution in [3.05, 3.63) is 28.8 Å². The van der Waals surface area contributed by atoms with Gasteiger partial charge in [-0.3, -0.25) is 0 Å². The summed E-state index contributed by atoms with van der Waals surface area (Å²) in [5.74, 6) is 0. The van der Waals surface area contributed by atoms with Crippen LogP contribution in [0, 0.1) is 6.92 Å². The maximum absolute atomic E-state index is 5.98. The first-order valence-corrected chi connectivity index (χ1v) is 6.83. The third-order valence-corrected chi connectivity index (χ3v) is 3.62. The molecule has 0 aliphatic carbocycles. The molecule has 100 valence electrons. The highest BCUT2D eigenvalue weighted by atomic mass is 35.5. The third-order valence-electron chi connectivity index (χ3n) is 3.38. The van der Waals surface area contributed by atoms with Crippen LogP contribution in [-0.4, -0.2) is 39.4 Å². The molecule has 0 saturated carbocycles. The third kappa shape index (κ3) is 3.61. The van der Waals surface area contributed by atoms with Crippen LogP contribution in [0.5, 0.6) is 0 Å². The van der Waals surface area contributed by atoms with Crippen molar-refractivity contribution in [1.29, 1.82) is 0 Å². The highest BCUT2D eigenvalue weighted by molar-refractivity contribution is 6.30. The Kier molecular flexibility index (Phi) is 4.87. The van der Waals surface area contributed by atoms with Gasteiger partial charge in [0.25, 0.3) is 0 Å². The molecule has 4 heteroatoms. The predicted octanol–water partition coefficient (Wildman–Crippen LogP) is 2.46. The van der Waals surface area contributed by atoms with E-state index in [9.17, 15) is 0 Å². The highest BCUT2D eigenvalue weighted by Gasteiger charge is 2.14. The monoisotopic (exact) mass is 268 g/mol. The molecule has 1 atom stereocenters. The predicted molar refractivity (Wildman–Crippen MR) is 76.7 cm³/mol. The molecule has 1 aliphatic heterocycles. The van der Waals surface area contributed by atoms with Gasteiger partial charge in [-0.05, 0) is 37.1 Å². The van der Waals surface area contributed by atoms with Crippen molar-refractivity contribution in [3.8, 4) is 0 Å². The van der Waals surface area contributed by atoms with Gasteiger partial charge in [-0.1, -0.05) is 11.6 Å². The Morgan fingerprint density at radius 3 is 3.00 bits per heavy atom. The fourth-order valence-electron chi connectivity index (χ4n) is 2.32. The molecule has 1 unspecified atom stereocenters. The van der Waals surface area contributed by atoms with Crippen molar-refractivity contribution < 1.29 is 4.74 Å². The largest absolute Gasteiger partial charge is 0.379 e. The SMILES string of the molecule is Cc1cc(Cl)ccc1N(C)CCC1COCCN1. The number of halogens is 1. The number of benzene rings is 1. The van der Waals surface area contributed by atoms with Crippen LogP contribution in [0.2, 0.25) is 5.02 Å². The van der Waals surface area contributed by atoms with E-state index in [1.165, 1.54) is 11.3 Å². The van der Waals surface area contributed by atoms with Crippen molar-refractivity contribution >= 4 is 17.3 Å². The minimum atomic E-state index is 0.480. The Morgan fingerprint density at radius 1 is 1.50 bits per heavy atom. The summed E-state index contributed by atoms with van der Waals surface area (Å²) in [5, 5.41) is 4.28. The number of morpholine rings is 1. The van der Waals surface area contributed by atoms with Gasteiger partial charge >= 0.3 is 0 Å². The summed E-state index contributed by atoms with van der Waals surface area (Å²) in [6.07, 6.45) is 1.10. The van der Waals surface area contributed by atoms with Crippen LogP contribution >= 0.6 is 11.6 Å². The maximum Gasteiger partial charge on any atom is 0.0620 e. The fourth-order valence-corrected chi connectivity index (χ4v) is 2.55. The summed E-state index contributed by atoms with van der Waals surface area (Å²) in [5.41, 5.74) is 2.47. The Bertz CT molecular complexity index is 391. The Hall–Kier alpha value is -0.770. The van der Waals surface area contributed by atoms with Crippen molar-refractivity contribution in [2.45, 2.75) is 19.4 Å². The summed E-state index contributed by atoms with van der Waals surface area (Å²) >= 11 is 5.98. The topological polar surface area (TPSA) is 24.5 Å². The van der Waals surface area contributed by atoms with Crippen molar-refractivity contribution in [2.24, 2.45) is 0 Å². The number of nitrogens with one attached hydrogen (secondary N) is 1. The van der Waals surface area contributed by atoms with Crippen molar-refractivity contribution in [3.63, 3.8) is 0 Å². The molecule has 1 aromatic carbocycles. The molecule has 0 amide bonds. The van der Waals surface area contributed by atoms with Crippen LogP contribution in [0.3, 0.4) is 0 Å². The lowest BCUT2D eigenvalue weighted by Crippen LogP contribution is -2.43. The second-order valence-corrected chi connectivity index (χ2v) is 5.30. The fraction of sp³-hybridized carbons (Fsp3) is 0.571. The van der Waals surface area contributed by atoms with Gasteiger partial charge in [-0.15, -0.1) is 0 Å². The number of aryl methyl sites for hydroxylation is 1. The van der Waals surface area contributed by atoms with E-state index >= 15 is 0 Å². The first-order valence-electron chi connectivity index (χ1n) is 6.45. The molecular formula is C14H21ClN2O. The standard InChI is InChI=1S/C14H21ClN2O/c1-11-9-12(15)3-4-14(11)17(2)7-5-13-10-18-8-6-16-13/h3-4,9,13,16H,5-8,10H2,1-2H3. The Balaban J connectivity index is 1.88. The van der Waals surface area contributed by atoms with Crippen LogP contribution in [0.15, 0.2) is 18.2 Å². The van der Waals surface area contributed by atoms with E-state index in [2.05, 4.69) is 30.3 Å². The number of hydrogen-bond donors (Lipinski definition) is 1. The molecule has 3 nitrogen and oxygen atoms in total. The lowest BCUT2D eigenvalue weighted by Gasteiger charge is -2.27. The minimum absolute atomic E-state index is 0.480. The number of ether oxygens (including phenoxy) is 1. The molecule has 0 spiro atoms. The molecule has 18 heavy (non-hydrogen) atoms. The van der Waals surface area contributed by atoms with E-state index in [0.29, 0.717) is 6.04 Å². The van der Waals surface area contributed by atoms with Gasteiger partial charge in [-0.25, -0.2) is 0 Å². The highest BCUT2D eigenvalue weighted by Crippen LogP contribution is 2.22. The van der Waals surface area contributed by atoms with Crippen LogP contribution in [0.1, 0.15) is 12.0 Å². The van der Waals surface area contributed by atoms with E-state index in [1.807, 2.05) is 12.1 Å². The van der Waals surface area contributed by atoms with E-state index in [0.717, 1.165) is 37.7 Å². The summed E-state index contributed by atoms with van der Waals surface area (Å²) in [6.45, 7) is 5.74. The van der Waals surface area contributed by atoms with Gasteiger partial charge in [0.1, 0.15) is 0 Å². The van der Waals surface area contributed by atoms with E-state index in [-0.39, 0.29) is 0 Å². The average molecular weight is 269 g/mol.